The van der Waals surface area contributed by atoms with Crippen molar-refractivity contribution in [3.05, 3.63) is 99.0 Å². The number of benzene rings is 3. The second-order valence-corrected chi connectivity index (χ2v) is 13.0. The fourth-order valence-corrected chi connectivity index (χ4v) is 5.85. The summed E-state index contributed by atoms with van der Waals surface area (Å²) < 4.78 is 27.8. The quantitative estimate of drug-likeness (QED) is 0.240. The van der Waals surface area contributed by atoms with Crippen molar-refractivity contribution < 1.29 is 18.0 Å². The molecule has 1 atom stereocenters. The number of unbranched alkanes of at least 4 members (excludes halogenated alkanes) is 1. The molecule has 3 rings (SSSR count). The number of aryl methyl sites for hydroxylation is 1. The van der Waals surface area contributed by atoms with Crippen LogP contribution in [0.1, 0.15) is 36.5 Å². The number of carbonyl (C=O) groups excluding carboxylic acids is 2. The number of carbonyl (C=O) groups is 2. The minimum atomic E-state index is -3.87. The van der Waals surface area contributed by atoms with Crippen LogP contribution in [0.5, 0.6) is 0 Å². The number of hydrogen-bond donors (Lipinski definition) is 1. The van der Waals surface area contributed by atoms with Crippen LogP contribution in [0, 0.1) is 6.92 Å². The second-order valence-electron chi connectivity index (χ2n) is 9.70. The lowest BCUT2D eigenvalue weighted by molar-refractivity contribution is -0.140. The lowest BCUT2D eigenvalue weighted by atomic mass is 10.0. The molecule has 0 aliphatic carbocycles. The van der Waals surface area contributed by atoms with Crippen molar-refractivity contribution in [2.45, 2.75) is 45.7 Å². The van der Waals surface area contributed by atoms with Crippen molar-refractivity contribution in [3.8, 4) is 0 Å². The molecule has 0 aromatic heterocycles. The van der Waals surface area contributed by atoms with Crippen LogP contribution >= 0.6 is 27.5 Å². The van der Waals surface area contributed by atoms with E-state index in [2.05, 4.69) is 21.2 Å². The van der Waals surface area contributed by atoms with Gasteiger partial charge < -0.3 is 10.2 Å². The van der Waals surface area contributed by atoms with Gasteiger partial charge in [-0.2, -0.15) is 0 Å². The summed E-state index contributed by atoms with van der Waals surface area (Å²) in [5, 5.41) is 3.33. The van der Waals surface area contributed by atoms with E-state index in [0.29, 0.717) is 22.8 Å². The van der Waals surface area contributed by atoms with E-state index in [-0.39, 0.29) is 18.9 Å². The molecular weight excluding hydrogens is 614 g/mol. The second kappa shape index (κ2) is 14.7. The standard InChI is InChI=1S/C30H35BrClN3O4S/c1-4-5-16-33-30(37)28(18-23-10-7-6-8-11-23)34(20-24-12-9-13-25(31)17-24)29(36)21-35(40(3,38)39)27-19-26(32)15-14-22(27)2/h6-15,17,19,28H,4-5,16,18,20-21H2,1-3H3,(H,33,37)/t28-/m1/s1. The van der Waals surface area contributed by atoms with Gasteiger partial charge in [-0.1, -0.05) is 89.4 Å². The van der Waals surface area contributed by atoms with Crippen molar-refractivity contribution >= 4 is 55.1 Å². The summed E-state index contributed by atoms with van der Waals surface area (Å²) in [7, 11) is -3.87. The average molecular weight is 649 g/mol. The highest BCUT2D eigenvalue weighted by molar-refractivity contribution is 9.10. The Hall–Kier alpha value is -2.88. The Kier molecular flexibility index (Phi) is 11.6. The Balaban J connectivity index is 2.06. The molecule has 40 heavy (non-hydrogen) atoms. The molecule has 2 amide bonds. The van der Waals surface area contributed by atoms with Gasteiger partial charge in [-0.05, 0) is 54.3 Å². The Morgan fingerprint density at radius 1 is 1.00 bits per heavy atom. The van der Waals surface area contributed by atoms with Gasteiger partial charge >= 0.3 is 0 Å². The van der Waals surface area contributed by atoms with E-state index in [1.165, 1.54) is 11.0 Å². The van der Waals surface area contributed by atoms with Crippen molar-refractivity contribution in [1.29, 1.82) is 0 Å². The minimum Gasteiger partial charge on any atom is -0.354 e. The van der Waals surface area contributed by atoms with Crippen LogP contribution in [0.4, 0.5) is 5.69 Å². The molecule has 0 saturated heterocycles. The van der Waals surface area contributed by atoms with E-state index >= 15 is 0 Å². The molecule has 3 aromatic carbocycles. The molecule has 10 heteroatoms. The van der Waals surface area contributed by atoms with Gasteiger partial charge in [-0.25, -0.2) is 8.42 Å². The van der Waals surface area contributed by atoms with E-state index in [4.69, 9.17) is 11.6 Å². The van der Waals surface area contributed by atoms with Crippen LogP contribution < -0.4 is 9.62 Å². The fourth-order valence-electron chi connectivity index (χ4n) is 4.34. The van der Waals surface area contributed by atoms with Crippen LogP contribution in [0.2, 0.25) is 5.02 Å². The lowest BCUT2D eigenvalue weighted by Gasteiger charge is -2.34. The van der Waals surface area contributed by atoms with E-state index in [9.17, 15) is 18.0 Å². The first kappa shape index (κ1) is 31.6. The summed E-state index contributed by atoms with van der Waals surface area (Å²) in [5.41, 5.74) is 2.65. The summed E-state index contributed by atoms with van der Waals surface area (Å²) in [5.74, 6) is -0.790. The van der Waals surface area contributed by atoms with Crippen LogP contribution in [0.15, 0.2) is 77.3 Å². The Labute approximate surface area is 250 Å². The maximum atomic E-state index is 14.1. The van der Waals surface area contributed by atoms with Crippen LogP contribution in [0.3, 0.4) is 0 Å². The van der Waals surface area contributed by atoms with Gasteiger partial charge in [0.15, 0.2) is 0 Å². The Morgan fingerprint density at radius 2 is 1.70 bits per heavy atom. The van der Waals surface area contributed by atoms with Gasteiger partial charge in [0.1, 0.15) is 12.6 Å². The van der Waals surface area contributed by atoms with E-state index < -0.39 is 28.5 Å². The van der Waals surface area contributed by atoms with Crippen LogP contribution in [-0.2, 0) is 32.6 Å². The third-order valence-corrected chi connectivity index (χ3v) is 8.32. The van der Waals surface area contributed by atoms with Crippen molar-refractivity contribution in [2.24, 2.45) is 0 Å². The third-order valence-electron chi connectivity index (χ3n) is 6.46. The summed E-state index contributed by atoms with van der Waals surface area (Å²) in [6, 6.07) is 21.0. The van der Waals surface area contributed by atoms with Gasteiger partial charge in [-0.15, -0.1) is 0 Å². The van der Waals surface area contributed by atoms with Gasteiger partial charge in [0.2, 0.25) is 21.8 Å². The Bertz CT molecular complexity index is 1420. The Morgan fingerprint density at radius 3 is 2.35 bits per heavy atom. The first-order valence-corrected chi connectivity index (χ1v) is 16.1. The number of amides is 2. The number of anilines is 1. The number of nitrogens with zero attached hydrogens (tertiary/aromatic N) is 2. The van der Waals surface area contributed by atoms with Crippen LogP contribution in [0.25, 0.3) is 0 Å². The van der Waals surface area contributed by atoms with Gasteiger partial charge in [0, 0.05) is 29.0 Å². The zero-order chi connectivity index (χ0) is 29.3. The minimum absolute atomic E-state index is 0.114. The molecule has 0 radical (unpaired) electrons. The van der Waals surface area contributed by atoms with Gasteiger partial charge in [0.25, 0.3) is 0 Å². The van der Waals surface area contributed by atoms with Crippen molar-refractivity contribution in [1.82, 2.24) is 10.2 Å². The molecule has 7 nitrogen and oxygen atoms in total. The summed E-state index contributed by atoms with van der Waals surface area (Å²) >= 11 is 9.68. The van der Waals surface area contributed by atoms with Crippen molar-refractivity contribution in [2.75, 3.05) is 23.7 Å². The van der Waals surface area contributed by atoms with Gasteiger partial charge in [0.05, 0.1) is 11.9 Å². The normalized spacial score (nSPS) is 12.0. The molecular formula is C30H35BrClN3O4S. The van der Waals surface area contributed by atoms with Crippen LogP contribution in [-0.4, -0.2) is 50.5 Å². The first-order valence-electron chi connectivity index (χ1n) is 13.1. The molecule has 214 valence electrons. The van der Waals surface area contributed by atoms with E-state index in [1.54, 1.807) is 19.1 Å². The molecule has 3 aromatic rings. The molecule has 1 N–H and O–H groups in total. The van der Waals surface area contributed by atoms with E-state index in [1.807, 2.05) is 61.5 Å². The number of hydrogen-bond acceptors (Lipinski definition) is 4. The largest absolute Gasteiger partial charge is 0.354 e. The summed E-state index contributed by atoms with van der Waals surface area (Å²) in [6.45, 7) is 3.91. The highest BCUT2D eigenvalue weighted by atomic mass is 79.9. The topological polar surface area (TPSA) is 86.8 Å². The predicted octanol–water partition coefficient (Wildman–Crippen LogP) is 5.73. The predicted molar refractivity (Wildman–Crippen MR) is 165 cm³/mol. The number of nitrogens with one attached hydrogen (secondary N) is 1. The number of rotatable bonds is 13. The molecule has 0 unspecified atom stereocenters. The monoisotopic (exact) mass is 647 g/mol. The van der Waals surface area contributed by atoms with E-state index in [0.717, 1.165) is 39.0 Å². The van der Waals surface area contributed by atoms with Crippen molar-refractivity contribution in [3.63, 3.8) is 0 Å². The summed E-state index contributed by atoms with van der Waals surface area (Å²) in [4.78, 5) is 29.2. The molecule has 0 saturated carbocycles. The number of sulfonamides is 1. The first-order chi connectivity index (χ1) is 19.0. The molecule has 0 aliphatic heterocycles. The summed E-state index contributed by atoms with van der Waals surface area (Å²) in [6.07, 6.45) is 3.04. The zero-order valence-electron chi connectivity index (χ0n) is 22.9. The molecule has 0 heterocycles. The SMILES string of the molecule is CCCCNC(=O)[C@@H](Cc1ccccc1)N(Cc1cccc(Br)c1)C(=O)CN(c1cc(Cl)ccc1C)S(C)(=O)=O. The third kappa shape index (κ3) is 9.08. The molecule has 0 spiro atoms. The van der Waals surface area contributed by atoms with Gasteiger partial charge in [-0.3, -0.25) is 13.9 Å². The maximum absolute atomic E-state index is 14.1. The smallest absolute Gasteiger partial charge is 0.244 e. The highest BCUT2D eigenvalue weighted by Gasteiger charge is 2.33. The average Bonchev–Trinajstić information content (AvgIpc) is 2.90. The lowest BCUT2D eigenvalue weighted by Crippen LogP contribution is -2.53. The molecule has 0 bridgehead atoms. The fraction of sp³-hybridized carbons (Fsp3) is 0.333. The number of halogens is 2. The molecule has 0 aliphatic rings. The highest BCUT2D eigenvalue weighted by Crippen LogP contribution is 2.27. The maximum Gasteiger partial charge on any atom is 0.244 e. The zero-order valence-corrected chi connectivity index (χ0v) is 26.1. The molecule has 0 fully saturated rings.